The van der Waals surface area contributed by atoms with Crippen molar-refractivity contribution in [1.82, 2.24) is 10.2 Å². The summed E-state index contributed by atoms with van der Waals surface area (Å²) in [4.78, 5) is 28.3. The smallest absolute Gasteiger partial charge is 0.242 e. The van der Waals surface area contributed by atoms with Crippen LogP contribution < -0.4 is 14.8 Å². The van der Waals surface area contributed by atoms with E-state index in [0.29, 0.717) is 53.2 Å². The first-order valence-corrected chi connectivity index (χ1v) is 12.6. The van der Waals surface area contributed by atoms with Crippen LogP contribution in [0, 0.1) is 0 Å². The standard InChI is InChI=1S/C28H28Cl2N2O4/c1-31-28(34)24(16-19-6-3-2-4-7-19)32(18-21-22(29)8-5-9-23(21)30)27(33)13-11-20-10-12-25-26(17-20)36-15-14-35-25/h2-10,12,17,24H,11,13-16,18H2,1H3,(H,31,34). The van der Waals surface area contributed by atoms with E-state index in [1.165, 1.54) is 0 Å². The summed E-state index contributed by atoms with van der Waals surface area (Å²) in [6.45, 7) is 1.13. The Morgan fingerprint density at radius 2 is 1.61 bits per heavy atom. The summed E-state index contributed by atoms with van der Waals surface area (Å²) in [7, 11) is 1.57. The van der Waals surface area contributed by atoms with E-state index >= 15 is 0 Å². The van der Waals surface area contributed by atoms with E-state index in [9.17, 15) is 9.59 Å². The molecule has 0 fully saturated rings. The fourth-order valence-corrected chi connectivity index (χ4v) is 4.73. The van der Waals surface area contributed by atoms with Crippen LogP contribution in [0.15, 0.2) is 66.7 Å². The zero-order valence-corrected chi connectivity index (χ0v) is 21.5. The number of likely N-dealkylation sites (N-methyl/N-ethyl adjacent to an activating group) is 1. The fraction of sp³-hybridized carbons (Fsp3) is 0.286. The highest BCUT2D eigenvalue weighted by Crippen LogP contribution is 2.31. The molecule has 36 heavy (non-hydrogen) atoms. The molecule has 3 aromatic carbocycles. The van der Waals surface area contributed by atoms with Crippen LogP contribution in [0.1, 0.15) is 23.1 Å². The lowest BCUT2D eigenvalue weighted by atomic mass is 10.0. The normalized spacial score (nSPS) is 13.1. The van der Waals surface area contributed by atoms with Gasteiger partial charge in [-0.1, -0.05) is 65.7 Å². The number of aryl methyl sites for hydroxylation is 1. The summed E-state index contributed by atoms with van der Waals surface area (Å²) in [5, 5.41) is 3.61. The Balaban J connectivity index is 1.60. The van der Waals surface area contributed by atoms with Crippen molar-refractivity contribution in [3.8, 4) is 11.5 Å². The number of fused-ring (bicyclic) bond motifs is 1. The van der Waals surface area contributed by atoms with Crippen molar-refractivity contribution in [3.63, 3.8) is 0 Å². The van der Waals surface area contributed by atoms with Gasteiger partial charge in [0, 0.05) is 42.0 Å². The number of nitrogens with one attached hydrogen (secondary N) is 1. The maximum Gasteiger partial charge on any atom is 0.242 e. The molecular formula is C28H28Cl2N2O4. The molecule has 188 valence electrons. The first-order valence-electron chi connectivity index (χ1n) is 11.8. The molecule has 0 spiro atoms. The number of hydrogen-bond donors (Lipinski definition) is 1. The van der Waals surface area contributed by atoms with E-state index in [4.69, 9.17) is 32.7 Å². The quantitative estimate of drug-likeness (QED) is 0.422. The number of hydrogen-bond acceptors (Lipinski definition) is 4. The third kappa shape index (κ3) is 6.31. The lowest BCUT2D eigenvalue weighted by molar-refractivity contribution is -0.141. The van der Waals surface area contributed by atoms with Gasteiger partial charge in [0.2, 0.25) is 11.8 Å². The maximum absolute atomic E-state index is 13.7. The molecule has 4 rings (SSSR count). The average Bonchev–Trinajstić information content (AvgIpc) is 2.90. The highest BCUT2D eigenvalue weighted by Gasteiger charge is 2.30. The minimum absolute atomic E-state index is 0.114. The lowest BCUT2D eigenvalue weighted by Gasteiger charge is -2.32. The summed E-state index contributed by atoms with van der Waals surface area (Å²) in [5.74, 6) is 0.951. The van der Waals surface area contributed by atoms with Crippen molar-refractivity contribution in [1.29, 1.82) is 0 Å². The van der Waals surface area contributed by atoms with Crippen LogP contribution in [0.3, 0.4) is 0 Å². The molecule has 2 amide bonds. The Bertz CT molecular complexity index is 1200. The molecule has 1 aliphatic rings. The van der Waals surface area contributed by atoms with Crippen LogP contribution in [0.25, 0.3) is 0 Å². The number of benzene rings is 3. The molecule has 1 unspecified atom stereocenters. The number of amides is 2. The zero-order valence-electron chi connectivity index (χ0n) is 20.0. The molecular weight excluding hydrogens is 499 g/mol. The summed E-state index contributed by atoms with van der Waals surface area (Å²) in [6, 6.07) is 19.8. The van der Waals surface area contributed by atoms with E-state index in [-0.39, 0.29) is 24.8 Å². The van der Waals surface area contributed by atoms with E-state index in [2.05, 4.69) is 5.32 Å². The van der Waals surface area contributed by atoms with E-state index in [0.717, 1.165) is 11.1 Å². The second-order valence-electron chi connectivity index (χ2n) is 8.52. The topological polar surface area (TPSA) is 67.9 Å². The minimum Gasteiger partial charge on any atom is -0.486 e. The van der Waals surface area contributed by atoms with Gasteiger partial charge in [-0.2, -0.15) is 0 Å². The van der Waals surface area contributed by atoms with Gasteiger partial charge >= 0.3 is 0 Å². The second kappa shape index (κ2) is 12.2. The fourth-order valence-electron chi connectivity index (χ4n) is 4.21. The Hall–Kier alpha value is -3.22. The summed E-state index contributed by atoms with van der Waals surface area (Å²) in [5.41, 5.74) is 2.50. The molecule has 3 aromatic rings. The number of carbonyl (C=O) groups excluding carboxylic acids is 2. The van der Waals surface area contributed by atoms with Crippen molar-refractivity contribution in [2.45, 2.75) is 31.8 Å². The van der Waals surface area contributed by atoms with E-state index < -0.39 is 6.04 Å². The number of halogens is 2. The van der Waals surface area contributed by atoms with E-state index in [1.54, 1.807) is 30.1 Å². The number of ether oxygens (including phenoxy) is 2. The predicted molar refractivity (Wildman–Crippen MR) is 141 cm³/mol. The van der Waals surface area contributed by atoms with Crippen LogP contribution in [0.4, 0.5) is 0 Å². The highest BCUT2D eigenvalue weighted by atomic mass is 35.5. The largest absolute Gasteiger partial charge is 0.486 e. The first kappa shape index (κ1) is 25.9. The minimum atomic E-state index is -0.738. The van der Waals surface area contributed by atoms with Gasteiger partial charge in [-0.25, -0.2) is 0 Å². The molecule has 6 nitrogen and oxygen atoms in total. The monoisotopic (exact) mass is 526 g/mol. The van der Waals surface area contributed by atoms with Gasteiger partial charge in [0.15, 0.2) is 11.5 Å². The van der Waals surface area contributed by atoms with Crippen LogP contribution in [0.5, 0.6) is 11.5 Å². The van der Waals surface area contributed by atoms with Gasteiger partial charge in [-0.15, -0.1) is 0 Å². The highest BCUT2D eigenvalue weighted by molar-refractivity contribution is 6.36. The molecule has 0 aliphatic carbocycles. The molecule has 8 heteroatoms. The Kier molecular flexibility index (Phi) is 8.73. The Labute approximate surface area is 221 Å². The number of rotatable bonds is 9. The third-order valence-electron chi connectivity index (χ3n) is 6.14. The van der Waals surface area contributed by atoms with E-state index in [1.807, 2.05) is 48.5 Å². The summed E-state index contributed by atoms with van der Waals surface area (Å²) < 4.78 is 11.3. The van der Waals surface area contributed by atoms with Gasteiger partial charge < -0.3 is 19.7 Å². The van der Waals surface area contributed by atoms with Crippen molar-refractivity contribution in [2.75, 3.05) is 20.3 Å². The van der Waals surface area contributed by atoms with Gasteiger partial charge in [-0.3, -0.25) is 9.59 Å². The number of carbonyl (C=O) groups is 2. The summed E-state index contributed by atoms with van der Waals surface area (Å²) in [6.07, 6.45) is 1.04. The molecule has 1 aliphatic heterocycles. The lowest BCUT2D eigenvalue weighted by Crippen LogP contribution is -2.49. The van der Waals surface area contributed by atoms with Gasteiger partial charge in [-0.05, 0) is 41.8 Å². The molecule has 1 N–H and O–H groups in total. The molecule has 1 atom stereocenters. The van der Waals surface area contributed by atoms with Gasteiger partial charge in [0.25, 0.3) is 0 Å². The summed E-state index contributed by atoms with van der Waals surface area (Å²) >= 11 is 12.9. The molecule has 0 saturated heterocycles. The number of nitrogens with zero attached hydrogens (tertiary/aromatic N) is 1. The molecule has 0 aromatic heterocycles. The van der Waals surface area contributed by atoms with Gasteiger partial charge in [0.05, 0.1) is 0 Å². The van der Waals surface area contributed by atoms with Crippen LogP contribution in [-0.4, -0.2) is 43.0 Å². The van der Waals surface area contributed by atoms with Crippen LogP contribution in [0.2, 0.25) is 10.0 Å². The SMILES string of the molecule is CNC(=O)C(Cc1ccccc1)N(Cc1c(Cl)cccc1Cl)C(=O)CCc1ccc2c(c1)OCCO2. The van der Waals surface area contributed by atoms with Crippen molar-refractivity contribution in [2.24, 2.45) is 0 Å². The molecule has 0 radical (unpaired) electrons. The third-order valence-corrected chi connectivity index (χ3v) is 6.85. The predicted octanol–water partition coefficient (Wildman–Crippen LogP) is 5.08. The van der Waals surface area contributed by atoms with Crippen LogP contribution >= 0.6 is 23.2 Å². The van der Waals surface area contributed by atoms with Crippen LogP contribution in [-0.2, 0) is 29.0 Å². The first-order chi connectivity index (χ1) is 17.5. The van der Waals surface area contributed by atoms with Crippen molar-refractivity contribution in [3.05, 3.63) is 93.5 Å². The average molecular weight is 527 g/mol. The van der Waals surface area contributed by atoms with Crippen molar-refractivity contribution >= 4 is 35.0 Å². The van der Waals surface area contributed by atoms with Crippen molar-refractivity contribution < 1.29 is 19.1 Å². The Morgan fingerprint density at radius 1 is 0.917 bits per heavy atom. The molecule has 0 bridgehead atoms. The zero-order chi connectivity index (χ0) is 25.5. The molecule has 1 heterocycles. The maximum atomic E-state index is 13.7. The Morgan fingerprint density at radius 3 is 2.31 bits per heavy atom. The van der Waals surface area contributed by atoms with Gasteiger partial charge in [0.1, 0.15) is 19.3 Å². The molecule has 0 saturated carbocycles. The second-order valence-corrected chi connectivity index (χ2v) is 9.33.